The normalized spacial score (nSPS) is 51.7. The van der Waals surface area contributed by atoms with Gasteiger partial charge in [-0.15, -0.1) is 0 Å². The van der Waals surface area contributed by atoms with E-state index in [0.29, 0.717) is 41.4 Å². The van der Waals surface area contributed by atoms with Crippen LogP contribution in [0.25, 0.3) is 0 Å². The van der Waals surface area contributed by atoms with Gasteiger partial charge in [0.2, 0.25) is 5.91 Å². The third-order valence-electron chi connectivity index (χ3n) is 10.3. The van der Waals surface area contributed by atoms with Gasteiger partial charge in [0, 0.05) is 6.42 Å². The van der Waals surface area contributed by atoms with Crippen LogP contribution in [0.1, 0.15) is 85.0 Å². The third-order valence-corrected chi connectivity index (χ3v) is 10.3. The molecule has 0 aromatic carbocycles. The number of hydrogen-bond acceptors (Lipinski definition) is 3. The molecule has 0 saturated heterocycles. The molecule has 10 atom stereocenters. The molecule has 0 aromatic heterocycles. The van der Waals surface area contributed by atoms with Crippen LogP contribution in [-0.4, -0.2) is 28.3 Å². The van der Waals surface area contributed by atoms with Crippen LogP contribution in [0.15, 0.2) is 0 Å². The zero-order valence-corrected chi connectivity index (χ0v) is 18.1. The predicted molar refractivity (Wildman–Crippen MR) is 110 cm³/mol. The lowest BCUT2D eigenvalue weighted by molar-refractivity contribution is -0.174. The molecule has 0 aliphatic heterocycles. The second-order valence-corrected chi connectivity index (χ2v) is 11.4. The lowest BCUT2D eigenvalue weighted by Gasteiger charge is -2.62. The summed E-state index contributed by atoms with van der Waals surface area (Å²) in [5.41, 5.74) is 5.67. The number of rotatable bonds is 4. The molecular weight excluding hydrogens is 350 g/mol. The zero-order valence-electron chi connectivity index (χ0n) is 18.1. The maximum absolute atomic E-state index is 11.5. The van der Waals surface area contributed by atoms with E-state index in [4.69, 9.17) is 5.73 Å². The number of nitrogens with two attached hydrogens (primary N) is 1. The van der Waals surface area contributed by atoms with Crippen molar-refractivity contribution in [3.8, 4) is 0 Å². The van der Waals surface area contributed by atoms with Gasteiger partial charge in [0.05, 0.1) is 12.2 Å². The van der Waals surface area contributed by atoms with Gasteiger partial charge in [-0.1, -0.05) is 20.8 Å². The molecule has 28 heavy (non-hydrogen) atoms. The lowest BCUT2D eigenvalue weighted by atomic mass is 9.43. The van der Waals surface area contributed by atoms with E-state index in [9.17, 15) is 15.0 Å². The highest BCUT2D eigenvalue weighted by atomic mass is 16.3. The van der Waals surface area contributed by atoms with Crippen LogP contribution >= 0.6 is 0 Å². The molecule has 1 amide bonds. The summed E-state index contributed by atoms with van der Waals surface area (Å²) in [7, 11) is 0. The van der Waals surface area contributed by atoms with E-state index < -0.39 is 0 Å². The van der Waals surface area contributed by atoms with Crippen molar-refractivity contribution in [3.63, 3.8) is 0 Å². The quantitative estimate of drug-likeness (QED) is 0.680. The number of aliphatic hydroxyl groups is 2. The number of hydrogen-bond donors (Lipinski definition) is 3. The summed E-state index contributed by atoms with van der Waals surface area (Å²) in [4.78, 5) is 11.3. The van der Waals surface area contributed by atoms with Crippen LogP contribution in [0.5, 0.6) is 0 Å². The first-order chi connectivity index (χ1) is 13.2. The standard InChI is InChI=1S/C24H41NO3/c1-14(4-9-22(25)28)18-7-8-19-17-6-5-15-12-16(26)10-11-23(15,2)20(17)13-21(27)24(18,19)3/h14-21,26-27H,4-13H2,1-3H3,(H2,25,28)/t14-,15-,16-,17+,18-,19+,20+,21+,23+,24-/m1/s1. The Morgan fingerprint density at radius 1 is 1.07 bits per heavy atom. The Labute approximate surface area is 170 Å². The van der Waals surface area contributed by atoms with Crippen LogP contribution in [0, 0.1) is 46.3 Å². The van der Waals surface area contributed by atoms with Crippen LogP contribution in [0.4, 0.5) is 0 Å². The van der Waals surface area contributed by atoms with Gasteiger partial charge in [-0.25, -0.2) is 0 Å². The monoisotopic (exact) mass is 391 g/mol. The van der Waals surface area contributed by atoms with E-state index in [1.54, 1.807) is 0 Å². The Hall–Kier alpha value is -0.610. The van der Waals surface area contributed by atoms with E-state index >= 15 is 0 Å². The van der Waals surface area contributed by atoms with Gasteiger partial charge in [-0.3, -0.25) is 4.79 Å². The summed E-state index contributed by atoms with van der Waals surface area (Å²) in [6.45, 7) is 7.09. The Morgan fingerprint density at radius 3 is 2.54 bits per heavy atom. The minimum absolute atomic E-state index is 0.0182. The summed E-state index contributed by atoms with van der Waals surface area (Å²) in [6.07, 6.45) is 9.82. The van der Waals surface area contributed by atoms with E-state index in [1.807, 2.05) is 0 Å². The Kier molecular flexibility index (Phi) is 5.36. The van der Waals surface area contributed by atoms with Crippen molar-refractivity contribution < 1.29 is 15.0 Å². The molecule has 0 aromatic rings. The summed E-state index contributed by atoms with van der Waals surface area (Å²) in [5.74, 6) is 3.27. The third kappa shape index (κ3) is 3.05. The summed E-state index contributed by atoms with van der Waals surface area (Å²) >= 11 is 0. The molecule has 4 aliphatic carbocycles. The smallest absolute Gasteiger partial charge is 0.217 e. The van der Waals surface area contributed by atoms with Crippen molar-refractivity contribution in [1.29, 1.82) is 0 Å². The van der Waals surface area contributed by atoms with Crippen LogP contribution in [0.2, 0.25) is 0 Å². The fraction of sp³-hybridized carbons (Fsp3) is 0.958. The van der Waals surface area contributed by atoms with Gasteiger partial charge in [-0.2, -0.15) is 0 Å². The molecule has 4 aliphatic rings. The number of carbonyl (C=O) groups excluding carboxylic acids is 1. The maximum Gasteiger partial charge on any atom is 0.217 e. The van der Waals surface area contributed by atoms with E-state index in [0.717, 1.165) is 38.0 Å². The SMILES string of the molecule is C[C@H](CCC(N)=O)[C@H]1CC[C@H]2[C@@H]3CC[C@@H]4C[C@H](O)CC[C@]4(C)[C@H]3C[C@H](O)[C@]12C. The van der Waals surface area contributed by atoms with Crippen molar-refractivity contribution in [2.45, 2.75) is 97.2 Å². The predicted octanol–water partition coefficient (Wildman–Crippen LogP) is 3.88. The first kappa shape index (κ1) is 20.7. The zero-order chi connectivity index (χ0) is 20.3. The van der Waals surface area contributed by atoms with Crippen molar-refractivity contribution in [1.82, 2.24) is 0 Å². The molecule has 0 radical (unpaired) electrons. The van der Waals surface area contributed by atoms with Gasteiger partial charge >= 0.3 is 0 Å². The molecule has 0 heterocycles. The topological polar surface area (TPSA) is 83.6 Å². The molecular formula is C24H41NO3. The first-order valence-corrected chi connectivity index (χ1v) is 11.8. The van der Waals surface area contributed by atoms with Crippen molar-refractivity contribution in [2.24, 2.45) is 52.1 Å². The number of carbonyl (C=O) groups is 1. The minimum atomic E-state index is -0.246. The van der Waals surface area contributed by atoms with Crippen LogP contribution in [-0.2, 0) is 4.79 Å². The first-order valence-electron chi connectivity index (χ1n) is 11.8. The van der Waals surface area contributed by atoms with Gasteiger partial charge < -0.3 is 15.9 Å². The molecule has 160 valence electrons. The van der Waals surface area contributed by atoms with Crippen molar-refractivity contribution in [2.75, 3.05) is 0 Å². The van der Waals surface area contributed by atoms with Gasteiger partial charge in [-0.05, 0) is 104 Å². The van der Waals surface area contributed by atoms with Gasteiger partial charge in [0.25, 0.3) is 0 Å². The van der Waals surface area contributed by atoms with Gasteiger partial charge in [0.1, 0.15) is 0 Å². The second kappa shape index (κ2) is 7.27. The molecule has 4 nitrogen and oxygen atoms in total. The van der Waals surface area contributed by atoms with Crippen molar-refractivity contribution in [3.05, 3.63) is 0 Å². The molecule has 0 unspecified atom stereocenters. The summed E-state index contributed by atoms with van der Waals surface area (Å²) in [5, 5.41) is 21.7. The lowest BCUT2D eigenvalue weighted by Crippen LogP contribution is -2.58. The van der Waals surface area contributed by atoms with Crippen molar-refractivity contribution >= 4 is 5.91 Å². The summed E-state index contributed by atoms with van der Waals surface area (Å²) < 4.78 is 0. The molecule has 4 rings (SSSR count). The Balaban J connectivity index is 1.56. The van der Waals surface area contributed by atoms with Crippen LogP contribution in [0.3, 0.4) is 0 Å². The fourth-order valence-corrected chi connectivity index (χ4v) is 8.73. The molecule has 4 N–H and O–H groups in total. The van der Waals surface area contributed by atoms with Crippen LogP contribution < -0.4 is 5.73 Å². The largest absolute Gasteiger partial charge is 0.393 e. The average molecular weight is 392 g/mol. The highest BCUT2D eigenvalue weighted by Gasteiger charge is 2.63. The molecule has 4 saturated carbocycles. The highest BCUT2D eigenvalue weighted by molar-refractivity contribution is 5.73. The fourth-order valence-electron chi connectivity index (χ4n) is 8.73. The Morgan fingerprint density at radius 2 is 1.82 bits per heavy atom. The molecule has 4 fully saturated rings. The van der Waals surface area contributed by atoms with Gasteiger partial charge in [0.15, 0.2) is 0 Å². The number of amides is 1. The van der Waals surface area contributed by atoms with E-state index in [2.05, 4.69) is 20.8 Å². The average Bonchev–Trinajstić information content (AvgIpc) is 3.00. The molecule has 0 bridgehead atoms. The Bertz CT molecular complexity index is 609. The number of primary amides is 1. The maximum atomic E-state index is 11.5. The molecule has 0 spiro atoms. The second-order valence-electron chi connectivity index (χ2n) is 11.4. The van der Waals surface area contributed by atoms with E-state index in [-0.39, 0.29) is 23.5 Å². The molecule has 4 heteroatoms. The highest BCUT2D eigenvalue weighted by Crippen LogP contribution is 2.68. The van der Waals surface area contributed by atoms with E-state index in [1.165, 1.54) is 25.7 Å². The number of fused-ring (bicyclic) bond motifs is 5. The number of aliphatic hydroxyl groups excluding tert-OH is 2. The summed E-state index contributed by atoms with van der Waals surface area (Å²) in [6, 6.07) is 0. The minimum Gasteiger partial charge on any atom is -0.393 e.